The van der Waals surface area contributed by atoms with Crippen LogP contribution < -0.4 is 5.69 Å². The topological polar surface area (TPSA) is 50.7 Å². The second kappa shape index (κ2) is 6.82. The van der Waals surface area contributed by atoms with Crippen LogP contribution in [0.1, 0.15) is 33.4 Å². The fourth-order valence-corrected chi connectivity index (χ4v) is 1.23. The van der Waals surface area contributed by atoms with Gasteiger partial charge in [-0.3, -0.25) is 0 Å². The third-order valence-electron chi connectivity index (χ3n) is 1.80. The van der Waals surface area contributed by atoms with E-state index >= 15 is 0 Å². The molecule has 0 radical (unpaired) electrons. The van der Waals surface area contributed by atoms with Crippen molar-refractivity contribution >= 4 is 11.0 Å². The largest absolute Gasteiger partial charge is 0.349 e. The van der Waals surface area contributed by atoms with Crippen LogP contribution in [0.3, 0.4) is 0 Å². The van der Waals surface area contributed by atoms with Crippen LogP contribution in [0.5, 0.6) is 0 Å². The molecule has 2 aromatic heterocycles. The number of aromatic amines is 1. The molecule has 0 aliphatic rings. The molecule has 1 N–H and O–H groups in total. The first-order chi connectivity index (χ1) is 7.66. The van der Waals surface area contributed by atoms with Gasteiger partial charge in [-0.15, -0.1) is 0 Å². The fraction of sp³-hybridized carbons (Fsp3) is 0.500. The van der Waals surface area contributed by atoms with Crippen LogP contribution in [-0.2, 0) is 7.05 Å². The van der Waals surface area contributed by atoms with E-state index < -0.39 is 0 Å². The molecule has 2 heterocycles. The zero-order valence-electron chi connectivity index (χ0n) is 11.0. The average Bonchev–Trinajstić information content (AvgIpc) is 2.64. The number of nitrogens with one attached hydrogen (secondary N) is 1. The monoisotopic (exact) mass is 223 g/mol. The van der Waals surface area contributed by atoms with E-state index in [1.165, 1.54) is 4.57 Å². The van der Waals surface area contributed by atoms with Crippen molar-refractivity contribution in [3.8, 4) is 0 Å². The predicted octanol–water partition coefficient (Wildman–Crippen LogP) is 2.62. The summed E-state index contributed by atoms with van der Waals surface area (Å²) >= 11 is 0. The Labute approximate surface area is 96.3 Å². The Balaban J connectivity index is 0.000000509. The highest BCUT2D eigenvalue weighted by atomic mass is 16.1. The maximum Gasteiger partial charge on any atom is 0.349 e. The quantitative estimate of drug-likeness (QED) is 0.746. The highest BCUT2D eigenvalue weighted by Crippen LogP contribution is 2.08. The van der Waals surface area contributed by atoms with Gasteiger partial charge in [-0.25, -0.2) is 4.79 Å². The lowest BCUT2D eigenvalue weighted by molar-refractivity contribution is 0.825. The molecule has 0 atom stereocenters. The van der Waals surface area contributed by atoms with Crippen LogP contribution in [-0.4, -0.2) is 14.5 Å². The molecule has 90 valence electrons. The lowest BCUT2D eigenvalue weighted by Gasteiger charge is -1.93. The van der Waals surface area contributed by atoms with E-state index in [1.807, 2.05) is 40.7 Å². The Morgan fingerprint density at radius 2 is 1.81 bits per heavy atom. The first-order valence-corrected chi connectivity index (χ1v) is 5.70. The molecular weight excluding hydrogens is 202 g/mol. The fourth-order valence-electron chi connectivity index (χ4n) is 1.23. The van der Waals surface area contributed by atoms with E-state index in [0.717, 1.165) is 11.1 Å². The van der Waals surface area contributed by atoms with Crippen LogP contribution in [0.2, 0.25) is 0 Å². The number of fused-ring (bicyclic) bond motifs is 1. The molecule has 0 amide bonds. The van der Waals surface area contributed by atoms with Crippen molar-refractivity contribution in [1.82, 2.24) is 14.5 Å². The first kappa shape index (κ1) is 14.4. The van der Waals surface area contributed by atoms with E-state index in [1.54, 1.807) is 13.2 Å². The highest BCUT2D eigenvalue weighted by molar-refractivity contribution is 5.75. The molecule has 4 nitrogen and oxygen atoms in total. The van der Waals surface area contributed by atoms with Gasteiger partial charge in [-0.1, -0.05) is 27.7 Å². The number of H-pyrrole nitrogens is 1. The molecule has 2 aromatic rings. The lowest BCUT2D eigenvalue weighted by atomic mass is 10.4. The normalized spacial score (nSPS) is 8.88. The Hall–Kier alpha value is -1.58. The summed E-state index contributed by atoms with van der Waals surface area (Å²) in [6, 6.07) is 1.96. The number of aryl methyl sites for hydroxylation is 2. The van der Waals surface area contributed by atoms with Gasteiger partial charge >= 0.3 is 5.69 Å². The van der Waals surface area contributed by atoms with E-state index in [-0.39, 0.29) is 5.69 Å². The van der Waals surface area contributed by atoms with Crippen molar-refractivity contribution in [3.05, 3.63) is 28.4 Å². The zero-order chi connectivity index (χ0) is 12.7. The van der Waals surface area contributed by atoms with E-state index in [0.29, 0.717) is 5.65 Å². The zero-order valence-corrected chi connectivity index (χ0v) is 11.0. The van der Waals surface area contributed by atoms with Gasteiger partial charge < -0.3 is 9.55 Å². The molecule has 0 saturated carbocycles. The van der Waals surface area contributed by atoms with Crippen molar-refractivity contribution in [3.63, 3.8) is 0 Å². The molecule has 0 unspecified atom stereocenters. The van der Waals surface area contributed by atoms with E-state index in [2.05, 4.69) is 9.97 Å². The first-order valence-electron chi connectivity index (χ1n) is 5.70. The molecular formula is C12H21N3O. The summed E-state index contributed by atoms with van der Waals surface area (Å²) in [4.78, 5) is 17.9. The van der Waals surface area contributed by atoms with Crippen LogP contribution >= 0.6 is 0 Å². The summed E-state index contributed by atoms with van der Waals surface area (Å²) in [5, 5.41) is 0.967. The van der Waals surface area contributed by atoms with Gasteiger partial charge in [0.15, 0.2) is 0 Å². The second-order valence-electron chi connectivity index (χ2n) is 2.89. The molecule has 0 aliphatic carbocycles. The molecule has 0 fully saturated rings. The number of hydrogen-bond acceptors (Lipinski definition) is 2. The number of hydrogen-bond donors (Lipinski definition) is 1. The Morgan fingerprint density at radius 1 is 1.25 bits per heavy atom. The third-order valence-corrected chi connectivity index (χ3v) is 1.80. The van der Waals surface area contributed by atoms with E-state index in [4.69, 9.17) is 0 Å². The maximum absolute atomic E-state index is 11.1. The van der Waals surface area contributed by atoms with Crippen molar-refractivity contribution in [1.29, 1.82) is 0 Å². The molecule has 16 heavy (non-hydrogen) atoms. The maximum atomic E-state index is 11.1. The van der Waals surface area contributed by atoms with Gasteiger partial charge in [-0.05, 0) is 13.0 Å². The molecule has 0 saturated heterocycles. The van der Waals surface area contributed by atoms with Gasteiger partial charge in [0.05, 0.1) is 0 Å². The average molecular weight is 223 g/mol. The van der Waals surface area contributed by atoms with Crippen molar-refractivity contribution < 1.29 is 0 Å². The van der Waals surface area contributed by atoms with E-state index in [9.17, 15) is 4.79 Å². The molecule has 0 bridgehead atoms. The summed E-state index contributed by atoms with van der Waals surface area (Å²) in [7, 11) is 1.69. The van der Waals surface area contributed by atoms with Gasteiger partial charge in [0.2, 0.25) is 0 Å². The number of aromatic nitrogens is 3. The van der Waals surface area contributed by atoms with Gasteiger partial charge in [0.1, 0.15) is 5.65 Å². The van der Waals surface area contributed by atoms with Crippen molar-refractivity contribution in [2.24, 2.45) is 7.05 Å². The van der Waals surface area contributed by atoms with Gasteiger partial charge in [0.25, 0.3) is 0 Å². The van der Waals surface area contributed by atoms with Crippen LogP contribution in [0.15, 0.2) is 17.1 Å². The smallest absolute Gasteiger partial charge is 0.343 e. The minimum Gasteiger partial charge on any atom is -0.343 e. The van der Waals surface area contributed by atoms with Crippen molar-refractivity contribution in [2.45, 2.75) is 34.6 Å². The molecule has 2 rings (SSSR count). The second-order valence-corrected chi connectivity index (χ2v) is 2.89. The Kier molecular flexibility index (Phi) is 6.15. The van der Waals surface area contributed by atoms with Crippen molar-refractivity contribution in [2.75, 3.05) is 0 Å². The Bertz CT molecular complexity index is 482. The van der Waals surface area contributed by atoms with Gasteiger partial charge in [0, 0.05) is 24.3 Å². The van der Waals surface area contributed by atoms with Gasteiger partial charge in [-0.2, -0.15) is 4.98 Å². The molecule has 0 aliphatic heterocycles. The highest BCUT2D eigenvalue weighted by Gasteiger charge is 2.00. The predicted molar refractivity (Wildman–Crippen MR) is 68.8 cm³/mol. The SMILES string of the molecule is CC.CC.Cc1cc2cn(C)c(=O)nc2[nH]1. The molecule has 0 aromatic carbocycles. The number of rotatable bonds is 0. The Morgan fingerprint density at radius 3 is 2.38 bits per heavy atom. The molecule has 4 heteroatoms. The summed E-state index contributed by atoms with van der Waals surface area (Å²) in [5.74, 6) is 0. The number of nitrogens with zero attached hydrogens (tertiary/aromatic N) is 2. The lowest BCUT2D eigenvalue weighted by Crippen LogP contribution is -2.18. The summed E-state index contributed by atoms with van der Waals surface area (Å²) in [5.41, 5.74) is 1.45. The standard InChI is InChI=1S/C8H9N3O.2C2H6/c1-5-3-6-4-11(2)8(12)10-7(6)9-5;2*1-2/h3-4H,1-2H3,(H,9,10,12);2*1-2H3. The van der Waals surface area contributed by atoms with Crippen LogP contribution in [0.25, 0.3) is 11.0 Å². The minimum absolute atomic E-state index is 0.232. The minimum atomic E-state index is -0.232. The van der Waals surface area contributed by atoms with Crippen LogP contribution in [0, 0.1) is 6.92 Å². The summed E-state index contributed by atoms with van der Waals surface area (Å²) in [6.07, 6.45) is 1.77. The van der Waals surface area contributed by atoms with Crippen LogP contribution in [0.4, 0.5) is 0 Å². The summed E-state index contributed by atoms with van der Waals surface area (Å²) in [6.45, 7) is 9.94. The third kappa shape index (κ3) is 3.22. The summed E-state index contributed by atoms with van der Waals surface area (Å²) < 4.78 is 1.47. The molecule has 0 spiro atoms.